The molecule has 3 N–H and O–H groups in total. The molecule has 0 saturated heterocycles. The van der Waals surface area contributed by atoms with Gasteiger partial charge in [0.1, 0.15) is 6.54 Å². The van der Waals surface area contributed by atoms with Crippen LogP contribution in [0, 0.1) is 0 Å². The van der Waals surface area contributed by atoms with Crippen LogP contribution >= 0.6 is 0 Å². The zero-order valence-electron chi connectivity index (χ0n) is 8.40. The summed E-state index contributed by atoms with van der Waals surface area (Å²) in [7, 11) is 0. The van der Waals surface area contributed by atoms with Gasteiger partial charge in [0.25, 0.3) is 5.91 Å². The first-order valence-corrected chi connectivity index (χ1v) is 3.97. The van der Waals surface area contributed by atoms with Crippen molar-refractivity contribution in [1.29, 1.82) is 0 Å². The molecule has 5 nitrogen and oxygen atoms in total. The number of amides is 1. The van der Waals surface area contributed by atoms with Gasteiger partial charge in [0.15, 0.2) is 0 Å². The molecule has 0 saturated carbocycles. The zero-order chi connectivity index (χ0) is 10.4. The van der Waals surface area contributed by atoms with Gasteiger partial charge in [0.05, 0.1) is 0 Å². The van der Waals surface area contributed by atoms with E-state index in [1.807, 2.05) is 0 Å². The van der Waals surface area contributed by atoms with Crippen molar-refractivity contribution in [2.45, 2.75) is 0 Å². The second-order valence-electron chi connectivity index (χ2n) is 2.54. The number of benzene rings is 1. The van der Waals surface area contributed by atoms with Crippen molar-refractivity contribution >= 4 is 41.4 Å². The Labute approximate surface area is 109 Å². The van der Waals surface area contributed by atoms with Crippen LogP contribution in [0.1, 0.15) is 10.4 Å². The minimum Gasteiger partial charge on any atom is -0.372 e. The number of carbonyl (C=O) groups excluding carboxylic acids is 2. The molecular formula is C9H10N2NaO3. The smallest absolute Gasteiger partial charge is 0.343 e. The fourth-order valence-corrected chi connectivity index (χ4v) is 0.886. The molecule has 0 unspecified atom stereocenters. The summed E-state index contributed by atoms with van der Waals surface area (Å²) in [6.45, 7) is -0.232. The maximum Gasteiger partial charge on any atom is 0.343 e. The van der Waals surface area contributed by atoms with Crippen LogP contribution in [0.4, 0.5) is 0 Å². The van der Waals surface area contributed by atoms with Crippen LogP contribution in [0.2, 0.25) is 0 Å². The van der Waals surface area contributed by atoms with E-state index in [1.165, 1.54) is 0 Å². The summed E-state index contributed by atoms with van der Waals surface area (Å²) in [6.07, 6.45) is 0. The maximum absolute atomic E-state index is 11.3. The molecule has 0 spiro atoms. The summed E-state index contributed by atoms with van der Waals surface area (Å²) in [5.74, 6) is 3.57. The molecule has 6 heteroatoms. The van der Waals surface area contributed by atoms with Crippen molar-refractivity contribution in [2.75, 3.05) is 6.54 Å². The molecule has 1 amide bonds. The van der Waals surface area contributed by atoms with Gasteiger partial charge in [-0.1, -0.05) is 18.2 Å². The topological polar surface area (TPSA) is 81.4 Å². The number of hydrogen-bond donors (Lipinski definition) is 2. The summed E-state index contributed by atoms with van der Waals surface area (Å²) in [4.78, 5) is 25.8. The van der Waals surface area contributed by atoms with E-state index in [0.29, 0.717) is 5.56 Å². The molecule has 0 heterocycles. The van der Waals surface area contributed by atoms with Crippen LogP contribution < -0.4 is 11.2 Å². The van der Waals surface area contributed by atoms with Crippen molar-refractivity contribution in [1.82, 2.24) is 5.32 Å². The predicted octanol–water partition coefficient (Wildman–Crippen LogP) is -0.548. The molecule has 0 atom stereocenters. The van der Waals surface area contributed by atoms with Crippen molar-refractivity contribution in [3.8, 4) is 0 Å². The van der Waals surface area contributed by atoms with Gasteiger partial charge in [0, 0.05) is 35.1 Å². The molecule has 75 valence electrons. The first kappa shape index (κ1) is 14.1. The standard InChI is InChI=1S/C9H10N2O3.Na/c10-14-8(12)6-11-9(13)7-4-2-1-3-5-7;/h1-5H,6,10H2,(H,11,13);. The second kappa shape index (κ2) is 7.42. The first-order valence-electron chi connectivity index (χ1n) is 3.97. The average Bonchev–Trinajstić information content (AvgIpc) is 2.26. The number of nitrogens with one attached hydrogen (secondary N) is 1. The van der Waals surface area contributed by atoms with E-state index in [2.05, 4.69) is 16.1 Å². The molecule has 15 heavy (non-hydrogen) atoms. The second-order valence-corrected chi connectivity index (χ2v) is 2.54. The Morgan fingerprint density at radius 2 is 1.87 bits per heavy atom. The van der Waals surface area contributed by atoms with E-state index in [9.17, 15) is 9.59 Å². The Morgan fingerprint density at radius 1 is 1.27 bits per heavy atom. The van der Waals surface area contributed by atoms with Gasteiger partial charge >= 0.3 is 5.97 Å². The third-order valence-corrected chi connectivity index (χ3v) is 1.56. The van der Waals surface area contributed by atoms with Crippen molar-refractivity contribution in [3.05, 3.63) is 35.9 Å². The third kappa shape index (κ3) is 4.94. The molecule has 1 rings (SSSR count). The molecular weight excluding hydrogens is 207 g/mol. The van der Waals surface area contributed by atoms with E-state index in [-0.39, 0.29) is 42.0 Å². The van der Waals surface area contributed by atoms with Crippen molar-refractivity contribution < 1.29 is 14.4 Å². The van der Waals surface area contributed by atoms with E-state index in [4.69, 9.17) is 0 Å². The monoisotopic (exact) mass is 217 g/mol. The summed E-state index contributed by atoms with van der Waals surface area (Å²) in [6, 6.07) is 8.55. The van der Waals surface area contributed by atoms with E-state index in [1.54, 1.807) is 30.3 Å². The van der Waals surface area contributed by atoms with Crippen molar-refractivity contribution in [3.63, 3.8) is 0 Å². The van der Waals surface area contributed by atoms with Crippen LogP contribution in [-0.2, 0) is 9.63 Å². The molecule has 0 fully saturated rings. The predicted molar refractivity (Wildman–Crippen MR) is 54.8 cm³/mol. The van der Waals surface area contributed by atoms with Crippen LogP contribution in [0.15, 0.2) is 30.3 Å². The number of rotatable bonds is 3. The van der Waals surface area contributed by atoms with Crippen LogP contribution in [0.3, 0.4) is 0 Å². The largest absolute Gasteiger partial charge is 0.372 e. The Balaban J connectivity index is 0.00000196. The summed E-state index contributed by atoms with van der Waals surface area (Å²) < 4.78 is 0. The quantitative estimate of drug-likeness (QED) is 0.526. The van der Waals surface area contributed by atoms with E-state index >= 15 is 0 Å². The molecule has 1 aromatic carbocycles. The minimum atomic E-state index is -0.686. The van der Waals surface area contributed by atoms with Crippen molar-refractivity contribution in [2.24, 2.45) is 5.90 Å². The van der Waals surface area contributed by atoms with Gasteiger partial charge in [-0.25, -0.2) is 4.79 Å². The third-order valence-electron chi connectivity index (χ3n) is 1.56. The van der Waals surface area contributed by atoms with Gasteiger partial charge in [0.2, 0.25) is 0 Å². The molecule has 0 aromatic heterocycles. The summed E-state index contributed by atoms with van der Waals surface area (Å²) >= 11 is 0. The van der Waals surface area contributed by atoms with Gasteiger partial charge in [-0.2, -0.15) is 5.90 Å². The normalized spacial score (nSPS) is 8.60. The average molecular weight is 217 g/mol. The summed E-state index contributed by atoms with van der Waals surface area (Å²) in [5.41, 5.74) is 0.484. The van der Waals surface area contributed by atoms with E-state index in [0.717, 1.165) is 0 Å². The molecule has 0 aliphatic heterocycles. The fraction of sp³-hybridized carbons (Fsp3) is 0.111. The minimum absolute atomic E-state index is 0. The van der Waals surface area contributed by atoms with Crippen LogP contribution in [0.5, 0.6) is 0 Å². The van der Waals surface area contributed by atoms with Crippen LogP contribution in [-0.4, -0.2) is 48.0 Å². The van der Waals surface area contributed by atoms with Gasteiger partial charge < -0.3 is 10.2 Å². The number of nitrogens with two attached hydrogens (primary N) is 1. The van der Waals surface area contributed by atoms with Gasteiger partial charge in [-0.3, -0.25) is 4.79 Å². The van der Waals surface area contributed by atoms with Gasteiger partial charge in [-0.05, 0) is 12.1 Å². The maximum atomic E-state index is 11.3. The Bertz CT molecular complexity index is 329. The number of carbonyl (C=O) groups is 2. The fourth-order valence-electron chi connectivity index (χ4n) is 0.886. The van der Waals surface area contributed by atoms with Crippen LogP contribution in [0.25, 0.3) is 0 Å². The number of hydrogen-bond acceptors (Lipinski definition) is 4. The van der Waals surface area contributed by atoms with E-state index < -0.39 is 5.97 Å². The Hall–Kier alpha value is -0.880. The first-order chi connectivity index (χ1) is 6.74. The van der Waals surface area contributed by atoms with Gasteiger partial charge in [-0.15, -0.1) is 0 Å². The Kier molecular flexibility index (Phi) is 6.98. The summed E-state index contributed by atoms with van der Waals surface area (Å²) in [5, 5.41) is 2.36. The molecule has 0 bridgehead atoms. The molecule has 1 radical (unpaired) electrons. The molecule has 1 aromatic rings. The molecule has 0 aliphatic carbocycles. The molecule has 0 aliphatic rings. The Morgan fingerprint density at radius 3 is 2.40 bits per heavy atom. The SMILES string of the molecule is NOC(=O)CNC(=O)c1ccccc1.[Na]. The zero-order valence-corrected chi connectivity index (χ0v) is 10.4.